The van der Waals surface area contributed by atoms with E-state index in [1.54, 1.807) is 0 Å². The fourth-order valence-electron chi connectivity index (χ4n) is 1.39. The number of methoxy groups -OCH3 is 1. The first-order valence-corrected chi connectivity index (χ1v) is 8.41. The van der Waals surface area contributed by atoms with Crippen molar-refractivity contribution >= 4 is 55.0 Å². The summed E-state index contributed by atoms with van der Waals surface area (Å²) >= 11 is 14.7. The molecule has 1 aromatic carbocycles. The van der Waals surface area contributed by atoms with Crippen LogP contribution in [-0.4, -0.2) is 25.5 Å². The van der Waals surface area contributed by atoms with Crippen molar-refractivity contribution in [3.8, 4) is 5.88 Å². The molecule has 0 atom stereocenters. The summed E-state index contributed by atoms with van der Waals surface area (Å²) in [5.74, 6) is -0.000201. The molecule has 1 aromatic heterocycles. The number of nitrogens with zero attached hydrogens (tertiary/aromatic N) is 2. The van der Waals surface area contributed by atoms with Crippen LogP contribution in [0.2, 0.25) is 10.0 Å². The second-order valence-electron chi connectivity index (χ2n) is 3.73. The van der Waals surface area contributed by atoms with Crippen molar-refractivity contribution in [3.63, 3.8) is 0 Å². The lowest BCUT2D eigenvalue weighted by molar-refractivity contribution is 0.397. The molecule has 0 unspecified atom stereocenters. The third-order valence-corrected chi connectivity index (χ3v) is 4.79. The van der Waals surface area contributed by atoms with Gasteiger partial charge in [0.15, 0.2) is 0 Å². The Balaban J connectivity index is 2.39. The number of aromatic nitrogens is 2. The van der Waals surface area contributed by atoms with Crippen molar-refractivity contribution in [3.05, 3.63) is 39.0 Å². The van der Waals surface area contributed by atoms with Crippen molar-refractivity contribution in [2.24, 2.45) is 0 Å². The lowest BCUT2D eigenvalue weighted by Crippen LogP contribution is -2.15. The van der Waals surface area contributed by atoms with E-state index in [9.17, 15) is 8.42 Å². The SMILES string of the molecule is COc1nc(Br)cnc1NS(=O)(=O)c1ccc(Cl)c(Cl)c1. The predicted molar refractivity (Wildman–Crippen MR) is 83.6 cm³/mol. The third kappa shape index (κ3) is 3.76. The van der Waals surface area contributed by atoms with Gasteiger partial charge in [-0.05, 0) is 34.1 Å². The molecular formula is C11H8BrCl2N3O3S. The number of hydrogen-bond donors (Lipinski definition) is 1. The van der Waals surface area contributed by atoms with Crippen LogP contribution in [0.3, 0.4) is 0 Å². The molecule has 10 heteroatoms. The number of sulfonamides is 1. The van der Waals surface area contributed by atoms with Gasteiger partial charge >= 0.3 is 0 Å². The third-order valence-electron chi connectivity index (χ3n) is 2.34. The minimum Gasteiger partial charge on any atom is -0.478 e. The van der Waals surface area contributed by atoms with E-state index in [4.69, 9.17) is 27.9 Å². The van der Waals surface area contributed by atoms with Crippen LogP contribution in [0, 0.1) is 0 Å². The van der Waals surface area contributed by atoms with Crippen molar-refractivity contribution < 1.29 is 13.2 Å². The van der Waals surface area contributed by atoms with E-state index < -0.39 is 10.0 Å². The highest BCUT2D eigenvalue weighted by Crippen LogP contribution is 2.27. The molecule has 0 amide bonds. The summed E-state index contributed by atoms with van der Waals surface area (Å²) in [5.41, 5.74) is 0. The molecule has 21 heavy (non-hydrogen) atoms. The zero-order valence-corrected chi connectivity index (χ0v) is 14.4. The molecule has 112 valence electrons. The zero-order chi connectivity index (χ0) is 15.6. The van der Waals surface area contributed by atoms with Gasteiger partial charge in [-0.25, -0.2) is 18.4 Å². The Morgan fingerprint density at radius 1 is 1.29 bits per heavy atom. The van der Waals surface area contributed by atoms with Crippen molar-refractivity contribution in [1.82, 2.24) is 9.97 Å². The number of halogens is 3. The fourth-order valence-corrected chi connectivity index (χ4v) is 3.05. The molecule has 0 aliphatic carbocycles. The highest BCUT2D eigenvalue weighted by molar-refractivity contribution is 9.10. The molecule has 2 aromatic rings. The summed E-state index contributed by atoms with van der Waals surface area (Å²) in [6.45, 7) is 0. The standard InChI is InChI=1S/C11H8BrCl2N3O3S/c1-20-11-10(15-5-9(12)16-11)17-21(18,19)6-2-3-7(13)8(14)4-6/h2-5H,1H3,(H,15,17). The van der Waals surface area contributed by atoms with Crippen LogP contribution in [0.25, 0.3) is 0 Å². The Bertz CT molecular complexity index is 786. The maximum Gasteiger partial charge on any atom is 0.263 e. The summed E-state index contributed by atoms with van der Waals surface area (Å²) in [6, 6.07) is 3.96. The maximum atomic E-state index is 12.3. The van der Waals surface area contributed by atoms with E-state index in [0.29, 0.717) is 4.60 Å². The first kappa shape index (κ1) is 16.3. The molecule has 0 bridgehead atoms. The van der Waals surface area contributed by atoms with Crippen LogP contribution in [0.5, 0.6) is 5.88 Å². The van der Waals surface area contributed by atoms with Gasteiger partial charge in [-0.15, -0.1) is 0 Å². The first-order chi connectivity index (χ1) is 9.83. The lowest BCUT2D eigenvalue weighted by atomic mass is 10.4. The van der Waals surface area contributed by atoms with Gasteiger partial charge in [0, 0.05) is 0 Å². The Labute approximate surface area is 139 Å². The quantitative estimate of drug-likeness (QED) is 0.832. The van der Waals surface area contributed by atoms with E-state index in [0.717, 1.165) is 0 Å². The summed E-state index contributed by atoms with van der Waals surface area (Å²) in [5, 5.41) is 0.394. The second-order valence-corrected chi connectivity index (χ2v) is 7.04. The van der Waals surface area contributed by atoms with Crippen LogP contribution in [0.4, 0.5) is 5.82 Å². The molecular weight excluding hydrogens is 405 g/mol. The Kier molecular flexibility index (Phi) is 4.92. The van der Waals surface area contributed by atoms with E-state index >= 15 is 0 Å². The zero-order valence-electron chi connectivity index (χ0n) is 10.5. The van der Waals surface area contributed by atoms with E-state index in [1.807, 2.05) is 0 Å². The number of hydrogen-bond acceptors (Lipinski definition) is 5. The molecule has 0 radical (unpaired) electrons. The van der Waals surface area contributed by atoms with Crippen LogP contribution >= 0.6 is 39.1 Å². The van der Waals surface area contributed by atoms with Crippen LogP contribution in [0.15, 0.2) is 33.9 Å². The summed E-state index contributed by atoms with van der Waals surface area (Å²) in [7, 11) is -2.53. The summed E-state index contributed by atoms with van der Waals surface area (Å²) in [4.78, 5) is 7.82. The average molecular weight is 413 g/mol. The van der Waals surface area contributed by atoms with Gasteiger partial charge in [0.1, 0.15) is 4.60 Å². The smallest absolute Gasteiger partial charge is 0.263 e. The van der Waals surface area contributed by atoms with Gasteiger partial charge in [-0.3, -0.25) is 4.72 Å². The van der Waals surface area contributed by atoms with Gasteiger partial charge in [0.05, 0.1) is 28.2 Å². The molecule has 0 aliphatic heterocycles. The Hall–Kier alpha value is -1.09. The molecule has 6 nitrogen and oxygen atoms in total. The van der Waals surface area contributed by atoms with Gasteiger partial charge in [-0.2, -0.15) is 0 Å². The molecule has 0 saturated heterocycles. The topological polar surface area (TPSA) is 81.2 Å². The van der Waals surface area contributed by atoms with Gasteiger partial charge in [0.2, 0.25) is 5.82 Å². The summed E-state index contributed by atoms with van der Waals surface area (Å²) in [6.07, 6.45) is 1.34. The Morgan fingerprint density at radius 2 is 2.00 bits per heavy atom. The maximum absolute atomic E-state index is 12.3. The number of anilines is 1. The largest absolute Gasteiger partial charge is 0.478 e. The van der Waals surface area contributed by atoms with E-state index in [2.05, 4.69) is 30.6 Å². The molecule has 1 N–H and O–H groups in total. The first-order valence-electron chi connectivity index (χ1n) is 5.38. The Morgan fingerprint density at radius 3 is 2.62 bits per heavy atom. The van der Waals surface area contributed by atoms with Gasteiger partial charge in [-0.1, -0.05) is 23.2 Å². The molecule has 0 saturated carbocycles. The minimum absolute atomic E-state index is 0.0352. The molecule has 0 aliphatic rings. The van der Waals surface area contributed by atoms with Crippen molar-refractivity contribution in [2.75, 3.05) is 11.8 Å². The summed E-state index contributed by atoms with van der Waals surface area (Å²) < 4.78 is 32.2. The second kappa shape index (κ2) is 6.35. The van der Waals surface area contributed by atoms with E-state index in [-0.39, 0.29) is 26.6 Å². The monoisotopic (exact) mass is 411 g/mol. The normalized spacial score (nSPS) is 11.2. The van der Waals surface area contributed by atoms with Crippen molar-refractivity contribution in [2.45, 2.75) is 4.90 Å². The molecule has 2 rings (SSSR count). The highest BCUT2D eigenvalue weighted by Gasteiger charge is 2.19. The molecule has 0 fully saturated rings. The molecule has 1 heterocycles. The number of nitrogens with one attached hydrogen (secondary N) is 1. The average Bonchev–Trinajstić information content (AvgIpc) is 2.43. The van der Waals surface area contributed by atoms with Gasteiger partial charge in [0.25, 0.3) is 15.9 Å². The van der Waals surface area contributed by atoms with Crippen LogP contribution < -0.4 is 9.46 Å². The van der Waals surface area contributed by atoms with Crippen LogP contribution in [0.1, 0.15) is 0 Å². The number of rotatable bonds is 4. The number of ether oxygens (including phenoxy) is 1. The molecule has 0 spiro atoms. The highest BCUT2D eigenvalue weighted by atomic mass is 79.9. The fraction of sp³-hybridized carbons (Fsp3) is 0.0909. The lowest BCUT2D eigenvalue weighted by Gasteiger charge is -2.10. The minimum atomic E-state index is -3.89. The van der Waals surface area contributed by atoms with E-state index in [1.165, 1.54) is 31.5 Å². The predicted octanol–water partition coefficient (Wildman–Crippen LogP) is 3.36. The van der Waals surface area contributed by atoms with Crippen molar-refractivity contribution in [1.29, 1.82) is 0 Å². The van der Waals surface area contributed by atoms with Gasteiger partial charge < -0.3 is 4.74 Å². The van der Waals surface area contributed by atoms with Crippen LogP contribution in [-0.2, 0) is 10.0 Å². The number of benzene rings is 1.